The predicted molar refractivity (Wildman–Crippen MR) is 97.7 cm³/mol. The summed E-state index contributed by atoms with van der Waals surface area (Å²) in [6, 6.07) is 14.4. The zero-order valence-electron chi connectivity index (χ0n) is 13.7. The molecule has 0 aliphatic carbocycles. The van der Waals surface area contributed by atoms with E-state index in [1.165, 1.54) is 17.4 Å². The number of amides is 1. The maximum atomic E-state index is 14.5. The van der Waals surface area contributed by atoms with Crippen LogP contribution in [0.3, 0.4) is 0 Å². The molecule has 1 amide bonds. The van der Waals surface area contributed by atoms with Crippen molar-refractivity contribution < 1.29 is 13.9 Å². The van der Waals surface area contributed by atoms with Crippen LogP contribution in [0, 0.1) is 5.82 Å². The Morgan fingerprint density at radius 2 is 1.84 bits per heavy atom. The Morgan fingerprint density at radius 1 is 1.08 bits per heavy atom. The molecule has 5 heteroatoms. The van der Waals surface area contributed by atoms with Crippen molar-refractivity contribution >= 4 is 27.3 Å². The number of hydrogen-bond acceptors (Lipinski definition) is 3. The maximum Gasteiger partial charge on any atom is 0.264 e. The molecule has 128 valence electrons. The van der Waals surface area contributed by atoms with Crippen LogP contribution in [0.4, 0.5) is 4.39 Å². The first-order valence-corrected chi connectivity index (χ1v) is 9.22. The third kappa shape index (κ3) is 3.12. The summed E-state index contributed by atoms with van der Waals surface area (Å²) >= 11 is 1.36. The molecule has 0 bridgehead atoms. The monoisotopic (exact) mass is 355 g/mol. The van der Waals surface area contributed by atoms with Gasteiger partial charge in [-0.25, -0.2) is 4.39 Å². The maximum absolute atomic E-state index is 14.5. The summed E-state index contributed by atoms with van der Waals surface area (Å²) in [5.41, 5.74) is 0.652. The molecule has 1 aromatic heterocycles. The van der Waals surface area contributed by atoms with E-state index in [1.54, 1.807) is 6.07 Å². The van der Waals surface area contributed by atoms with E-state index >= 15 is 0 Å². The minimum absolute atomic E-state index is 0.00948. The van der Waals surface area contributed by atoms with E-state index in [0.717, 1.165) is 30.6 Å². The van der Waals surface area contributed by atoms with Crippen molar-refractivity contribution in [2.45, 2.75) is 19.4 Å². The Labute approximate surface area is 149 Å². The second-order valence-corrected chi connectivity index (χ2v) is 7.18. The molecule has 1 aliphatic rings. The molecule has 4 rings (SSSR count). The molecular formula is C20H18FNO2S. The number of fused-ring (bicyclic) bond motifs is 1. The van der Waals surface area contributed by atoms with E-state index in [4.69, 9.17) is 4.74 Å². The summed E-state index contributed by atoms with van der Waals surface area (Å²) in [7, 11) is 0. The Kier molecular flexibility index (Phi) is 4.40. The van der Waals surface area contributed by atoms with Crippen molar-refractivity contribution in [3.05, 3.63) is 64.8 Å². The van der Waals surface area contributed by atoms with Gasteiger partial charge in [0.25, 0.3) is 5.91 Å². The summed E-state index contributed by atoms with van der Waals surface area (Å²) in [6.45, 7) is 1.73. The van der Waals surface area contributed by atoms with Crippen LogP contribution in [0.15, 0.2) is 48.5 Å². The molecule has 2 aromatic carbocycles. The van der Waals surface area contributed by atoms with Gasteiger partial charge in [0.05, 0.1) is 4.88 Å². The van der Waals surface area contributed by atoms with Gasteiger partial charge in [0.2, 0.25) is 0 Å². The minimum Gasteiger partial charge on any atom is -0.489 e. The number of para-hydroxylation sites is 1. The number of benzene rings is 2. The topological polar surface area (TPSA) is 29.5 Å². The van der Waals surface area contributed by atoms with Gasteiger partial charge in [-0.2, -0.15) is 0 Å². The minimum atomic E-state index is -0.305. The van der Waals surface area contributed by atoms with Crippen LogP contribution in [0.1, 0.15) is 28.1 Å². The first-order chi connectivity index (χ1) is 12.2. The van der Waals surface area contributed by atoms with Crippen molar-refractivity contribution in [3.63, 3.8) is 0 Å². The third-order valence-corrected chi connectivity index (χ3v) is 5.66. The smallest absolute Gasteiger partial charge is 0.264 e. The second-order valence-electron chi connectivity index (χ2n) is 6.12. The average molecular weight is 355 g/mol. The number of halogens is 1. The molecule has 3 aromatic rings. The van der Waals surface area contributed by atoms with E-state index < -0.39 is 0 Å². The highest BCUT2D eigenvalue weighted by Crippen LogP contribution is 2.35. The number of thiophene rings is 1. The molecule has 3 nitrogen and oxygen atoms in total. The van der Waals surface area contributed by atoms with Gasteiger partial charge in [0.1, 0.15) is 18.2 Å². The van der Waals surface area contributed by atoms with Crippen molar-refractivity contribution in [3.8, 4) is 5.75 Å². The average Bonchev–Trinajstić information content (AvgIpc) is 3.29. The zero-order chi connectivity index (χ0) is 17.2. The standard InChI is InChI=1S/C20H18FNO2S/c21-16-9-6-10-17-18(16)15(13-24-14-7-2-1-3-8-14)19(25-17)20(23)22-11-4-5-12-22/h1-3,6-10H,4-5,11-13H2. The van der Waals surface area contributed by atoms with Crippen LogP contribution in [-0.2, 0) is 6.61 Å². The molecule has 2 heterocycles. The molecule has 0 unspecified atom stereocenters. The fourth-order valence-corrected chi connectivity index (χ4v) is 4.40. The van der Waals surface area contributed by atoms with E-state index in [9.17, 15) is 9.18 Å². The highest BCUT2D eigenvalue weighted by molar-refractivity contribution is 7.21. The van der Waals surface area contributed by atoms with Crippen LogP contribution in [0.2, 0.25) is 0 Å². The highest BCUT2D eigenvalue weighted by atomic mass is 32.1. The fraction of sp³-hybridized carbons (Fsp3) is 0.250. The Balaban J connectivity index is 1.73. The first-order valence-electron chi connectivity index (χ1n) is 8.41. The summed E-state index contributed by atoms with van der Waals surface area (Å²) in [6.07, 6.45) is 2.06. The van der Waals surface area contributed by atoms with Gasteiger partial charge in [-0.3, -0.25) is 4.79 Å². The SMILES string of the molecule is O=C(c1sc2cccc(F)c2c1COc1ccccc1)N1CCCC1. The Morgan fingerprint density at radius 3 is 2.60 bits per heavy atom. The quantitative estimate of drug-likeness (QED) is 0.669. The highest BCUT2D eigenvalue weighted by Gasteiger charge is 2.26. The normalized spacial score (nSPS) is 14.2. The number of ether oxygens (including phenoxy) is 1. The second kappa shape index (κ2) is 6.84. The van der Waals surface area contributed by atoms with Gasteiger partial charge in [-0.05, 0) is 37.1 Å². The lowest BCUT2D eigenvalue weighted by Crippen LogP contribution is -2.27. The first kappa shape index (κ1) is 16.1. The number of carbonyl (C=O) groups excluding carboxylic acids is 1. The zero-order valence-corrected chi connectivity index (χ0v) is 14.5. The van der Waals surface area contributed by atoms with Crippen LogP contribution in [0.5, 0.6) is 5.75 Å². The van der Waals surface area contributed by atoms with Crippen LogP contribution < -0.4 is 4.74 Å². The van der Waals surface area contributed by atoms with E-state index in [0.29, 0.717) is 21.6 Å². The van der Waals surface area contributed by atoms with E-state index in [1.807, 2.05) is 41.3 Å². The Bertz CT molecular complexity index is 901. The van der Waals surface area contributed by atoms with Crippen LogP contribution in [0.25, 0.3) is 10.1 Å². The van der Waals surface area contributed by atoms with Crippen molar-refractivity contribution in [1.82, 2.24) is 4.90 Å². The van der Waals surface area contributed by atoms with Gasteiger partial charge >= 0.3 is 0 Å². The van der Waals surface area contributed by atoms with Gasteiger partial charge in [0, 0.05) is 28.7 Å². The molecule has 0 atom stereocenters. The molecular weight excluding hydrogens is 337 g/mol. The Hall–Kier alpha value is -2.40. The summed E-state index contributed by atoms with van der Waals surface area (Å²) < 4.78 is 21.1. The van der Waals surface area contributed by atoms with E-state index in [2.05, 4.69) is 0 Å². The van der Waals surface area contributed by atoms with Crippen LogP contribution >= 0.6 is 11.3 Å². The summed E-state index contributed by atoms with van der Waals surface area (Å²) in [5.74, 6) is 0.392. The number of rotatable bonds is 4. The molecule has 0 radical (unpaired) electrons. The molecule has 25 heavy (non-hydrogen) atoms. The van der Waals surface area contributed by atoms with Crippen molar-refractivity contribution in [2.75, 3.05) is 13.1 Å². The van der Waals surface area contributed by atoms with Gasteiger partial charge < -0.3 is 9.64 Å². The van der Waals surface area contributed by atoms with Gasteiger partial charge in [-0.1, -0.05) is 24.3 Å². The lowest BCUT2D eigenvalue weighted by atomic mass is 10.1. The number of nitrogens with zero attached hydrogens (tertiary/aromatic N) is 1. The summed E-state index contributed by atoms with van der Waals surface area (Å²) in [4.78, 5) is 15.4. The summed E-state index contributed by atoms with van der Waals surface area (Å²) in [5, 5.41) is 0.506. The number of likely N-dealkylation sites (tertiary alicyclic amines) is 1. The lowest BCUT2D eigenvalue weighted by Gasteiger charge is -2.15. The molecule has 1 fully saturated rings. The number of hydrogen-bond donors (Lipinski definition) is 0. The van der Waals surface area contributed by atoms with Crippen LogP contribution in [-0.4, -0.2) is 23.9 Å². The third-order valence-electron chi connectivity index (χ3n) is 4.48. The molecule has 0 spiro atoms. The predicted octanol–water partition coefficient (Wildman–Crippen LogP) is 4.86. The van der Waals surface area contributed by atoms with E-state index in [-0.39, 0.29) is 18.3 Å². The fourth-order valence-electron chi connectivity index (χ4n) is 3.21. The molecule has 0 saturated carbocycles. The number of carbonyl (C=O) groups is 1. The lowest BCUT2D eigenvalue weighted by molar-refractivity contribution is 0.0795. The van der Waals surface area contributed by atoms with Crippen molar-refractivity contribution in [2.24, 2.45) is 0 Å². The van der Waals surface area contributed by atoms with Gasteiger partial charge in [-0.15, -0.1) is 11.3 Å². The largest absolute Gasteiger partial charge is 0.489 e. The van der Waals surface area contributed by atoms with Crippen molar-refractivity contribution in [1.29, 1.82) is 0 Å². The molecule has 1 saturated heterocycles. The molecule has 1 aliphatic heterocycles. The van der Waals surface area contributed by atoms with Gasteiger partial charge in [0.15, 0.2) is 0 Å². The molecule has 0 N–H and O–H groups in total.